The van der Waals surface area contributed by atoms with Gasteiger partial charge in [-0.2, -0.15) is 5.26 Å². The first-order valence-corrected chi connectivity index (χ1v) is 5.36. The summed E-state index contributed by atoms with van der Waals surface area (Å²) in [4.78, 5) is 3.07. The molecule has 1 N–H and O–H groups in total. The van der Waals surface area contributed by atoms with E-state index in [0.717, 1.165) is 12.1 Å². The average Bonchev–Trinajstić information content (AvgIpc) is 2.31. The van der Waals surface area contributed by atoms with Crippen molar-refractivity contribution in [3.8, 4) is 6.07 Å². The number of benzene rings is 1. The lowest BCUT2D eigenvalue weighted by Crippen LogP contribution is -1.93. The van der Waals surface area contributed by atoms with Gasteiger partial charge >= 0.3 is 0 Å². The van der Waals surface area contributed by atoms with Crippen molar-refractivity contribution in [3.63, 3.8) is 0 Å². The number of H-pyrrole nitrogens is 1. The minimum absolute atomic E-state index is 0.510. The molecule has 1 aromatic heterocycles. The summed E-state index contributed by atoms with van der Waals surface area (Å²) < 4.78 is 0.510. The van der Waals surface area contributed by atoms with Crippen LogP contribution in [0.4, 0.5) is 0 Å². The van der Waals surface area contributed by atoms with Crippen LogP contribution in [0.2, 0.25) is 0 Å². The van der Waals surface area contributed by atoms with Gasteiger partial charge in [-0.05, 0) is 17.7 Å². The molecular formula is C13H10N2S. The Balaban J connectivity index is 2.28. The lowest BCUT2D eigenvalue weighted by Gasteiger charge is -2.02. The molecule has 0 aliphatic heterocycles. The van der Waals surface area contributed by atoms with Crippen LogP contribution in [-0.2, 0) is 6.42 Å². The van der Waals surface area contributed by atoms with Gasteiger partial charge in [-0.3, -0.25) is 0 Å². The third-order valence-corrected chi connectivity index (χ3v) is 2.65. The van der Waals surface area contributed by atoms with Gasteiger partial charge in [0.2, 0.25) is 0 Å². The SMILES string of the molecule is N#Cc1ccc(Cc2ccccc2)[nH]c1=S. The summed E-state index contributed by atoms with van der Waals surface area (Å²) in [6, 6.07) is 15.9. The number of nitrogens with zero attached hydrogens (tertiary/aromatic N) is 1. The lowest BCUT2D eigenvalue weighted by atomic mass is 10.1. The van der Waals surface area contributed by atoms with Gasteiger partial charge in [0.1, 0.15) is 10.7 Å². The molecule has 3 heteroatoms. The van der Waals surface area contributed by atoms with Gasteiger partial charge < -0.3 is 4.98 Å². The Labute approximate surface area is 99.2 Å². The van der Waals surface area contributed by atoms with Crippen LogP contribution >= 0.6 is 12.2 Å². The summed E-state index contributed by atoms with van der Waals surface area (Å²) in [5, 5.41) is 8.76. The van der Waals surface area contributed by atoms with Crippen molar-refractivity contribution in [3.05, 3.63) is 63.9 Å². The number of hydrogen-bond acceptors (Lipinski definition) is 2. The Morgan fingerprint density at radius 1 is 1.12 bits per heavy atom. The van der Waals surface area contributed by atoms with E-state index in [4.69, 9.17) is 17.5 Å². The maximum Gasteiger partial charge on any atom is 0.121 e. The third kappa shape index (κ3) is 2.36. The summed E-state index contributed by atoms with van der Waals surface area (Å²) >= 11 is 5.08. The van der Waals surface area contributed by atoms with E-state index >= 15 is 0 Å². The molecule has 2 aromatic rings. The average molecular weight is 226 g/mol. The highest BCUT2D eigenvalue weighted by atomic mass is 32.1. The van der Waals surface area contributed by atoms with E-state index in [0.29, 0.717) is 10.2 Å². The maximum atomic E-state index is 8.76. The number of nitrogens with one attached hydrogen (secondary N) is 1. The summed E-state index contributed by atoms with van der Waals surface area (Å²) in [7, 11) is 0. The molecule has 2 rings (SSSR count). The predicted octanol–water partition coefficient (Wildman–Crippen LogP) is 3.21. The summed E-state index contributed by atoms with van der Waals surface area (Å²) in [6.07, 6.45) is 0.802. The molecule has 78 valence electrons. The second-order valence-electron chi connectivity index (χ2n) is 3.50. The van der Waals surface area contributed by atoms with Crippen molar-refractivity contribution in [2.24, 2.45) is 0 Å². The van der Waals surface area contributed by atoms with Crippen molar-refractivity contribution in [1.29, 1.82) is 5.26 Å². The van der Waals surface area contributed by atoms with Gasteiger partial charge in [0.05, 0.1) is 5.56 Å². The van der Waals surface area contributed by atoms with Crippen LogP contribution in [0, 0.1) is 16.0 Å². The molecule has 0 spiro atoms. The molecular weight excluding hydrogens is 216 g/mol. The van der Waals surface area contributed by atoms with Gasteiger partial charge in [0, 0.05) is 12.1 Å². The fraction of sp³-hybridized carbons (Fsp3) is 0.0769. The quantitative estimate of drug-likeness (QED) is 0.799. The summed E-state index contributed by atoms with van der Waals surface area (Å²) in [6.45, 7) is 0. The van der Waals surface area contributed by atoms with Crippen LogP contribution in [0.1, 0.15) is 16.8 Å². The van der Waals surface area contributed by atoms with Crippen LogP contribution < -0.4 is 0 Å². The molecule has 0 amide bonds. The van der Waals surface area contributed by atoms with Crippen LogP contribution in [-0.4, -0.2) is 4.98 Å². The number of hydrogen-bond donors (Lipinski definition) is 1. The van der Waals surface area contributed by atoms with Crippen LogP contribution in [0.5, 0.6) is 0 Å². The molecule has 0 atom stereocenters. The third-order valence-electron chi connectivity index (χ3n) is 2.33. The monoisotopic (exact) mass is 226 g/mol. The Bertz CT molecular complexity index is 579. The minimum atomic E-state index is 0.510. The number of nitriles is 1. The molecule has 0 aliphatic carbocycles. The molecule has 1 heterocycles. The number of rotatable bonds is 2. The van der Waals surface area contributed by atoms with Crippen molar-refractivity contribution in [2.45, 2.75) is 6.42 Å². The number of aromatic nitrogens is 1. The van der Waals surface area contributed by atoms with Crippen molar-refractivity contribution in [2.75, 3.05) is 0 Å². The molecule has 0 aliphatic rings. The zero-order valence-corrected chi connectivity index (χ0v) is 9.42. The van der Waals surface area contributed by atoms with E-state index in [1.165, 1.54) is 5.56 Å². The highest BCUT2D eigenvalue weighted by Crippen LogP contribution is 2.08. The van der Waals surface area contributed by atoms with E-state index < -0.39 is 0 Å². The Hall–Kier alpha value is -1.92. The van der Waals surface area contributed by atoms with E-state index in [-0.39, 0.29) is 0 Å². The Kier molecular flexibility index (Phi) is 3.13. The molecule has 1 aromatic carbocycles. The normalized spacial score (nSPS) is 9.69. The smallest absolute Gasteiger partial charge is 0.121 e. The molecule has 0 saturated carbocycles. The van der Waals surface area contributed by atoms with E-state index in [2.05, 4.69) is 23.2 Å². The molecule has 0 saturated heterocycles. The summed E-state index contributed by atoms with van der Waals surface area (Å²) in [5.41, 5.74) is 2.76. The standard InChI is InChI=1S/C13H10N2S/c14-9-11-6-7-12(15-13(11)16)8-10-4-2-1-3-5-10/h1-7H,8H2,(H,15,16). The topological polar surface area (TPSA) is 39.6 Å². The second-order valence-corrected chi connectivity index (χ2v) is 3.91. The van der Waals surface area contributed by atoms with Gasteiger partial charge in [-0.1, -0.05) is 42.5 Å². The Morgan fingerprint density at radius 3 is 2.50 bits per heavy atom. The van der Waals surface area contributed by atoms with Crippen LogP contribution in [0.25, 0.3) is 0 Å². The molecule has 0 radical (unpaired) electrons. The molecule has 0 fully saturated rings. The molecule has 16 heavy (non-hydrogen) atoms. The van der Waals surface area contributed by atoms with E-state index in [9.17, 15) is 0 Å². The maximum absolute atomic E-state index is 8.76. The van der Waals surface area contributed by atoms with Crippen molar-refractivity contribution >= 4 is 12.2 Å². The zero-order chi connectivity index (χ0) is 11.4. The number of pyridine rings is 1. The first-order valence-electron chi connectivity index (χ1n) is 4.96. The van der Waals surface area contributed by atoms with Crippen molar-refractivity contribution < 1.29 is 0 Å². The highest BCUT2D eigenvalue weighted by molar-refractivity contribution is 7.71. The predicted molar refractivity (Wildman–Crippen MR) is 65.6 cm³/mol. The second kappa shape index (κ2) is 4.73. The molecule has 0 bridgehead atoms. The van der Waals surface area contributed by atoms with Gasteiger partial charge in [0.25, 0.3) is 0 Å². The first kappa shape index (κ1) is 10.6. The molecule has 2 nitrogen and oxygen atoms in total. The van der Waals surface area contributed by atoms with E-state index in [1.807, 2.05) is 24.3 Å². The zero-order valence-electron chi connectivity index (χ0n) is 8.60. The molecule has 0 unspecified atom stereocenters. The Morgan fingerprint density at radius 2 is 1.88 bits per heavy atom. The summed E-state index contributed by atoms with van der Waals surface area (Å²) in [5.74, 6) is 0. The van der Waals surface area contributed by atoms with E-state index in [1.54, 1.807) is 6.07 Å². The minimum Gasteiger partial charge on any atom is -0.349 e. The van der Waals surface area contributed by atoms with Crippen LogP contribution in [0.15, 0.2) is 42.5 Å². The lowest BCUT2D eigenvalue weighted by molar-refractivity contribution is 1.06. The first-order chi connectivity index (χ1) is 7.79. The van der Waals surface area contributed by atoms with Gasteiger partial charge in [0.15, 0.2) is 0 Å². The van der Waals surface area contributed by atoms with Gasteiger partial charge in [-0.25, -0.2) is 0 Å². The van der Waals surface area contributed by atoms with Crippen LogP contribution in [0.3, 0.4) is 0 Å². The number of aromatic amines is 1. The highest BCUT2D eigenvalue weighted by Gasteiger charge is 1.98. The fourth-order valence-corrected chi connectivity index (χ4v) is 1.77. The largest absolute Gasteiger partial charge is 0.349 e. The fourth-order valence-electron chi connectivity index (χ4n) is 1.52. The van der Waals surface area contributed by atoms with Gasteiger partial charge in [-0.15, -0.1) is 0 Å². The van der Waals surface area contributed by atoms with Crippen molar-refractivity contribution in [1.82, 2.24) is 4.98 Å².